The van der Waals surface area contributed by atoms with E-state index in [1.54, 1.807) is 23.2 Å². The van der Waals surface area contributed by atoms with Gasteiger partial charge in [-0.05, 0) is 38.1 Å². The Kier molecular flexibility index (Phi) is 6.54. The van der Waals surface area contributed by atoms with Crippen LogP contribution in [0.15, 0.2) is 53.1 Å². The molecule has 0 atom stereocenters. The summed E-state index contributed by atoms with van der Waals surface area (Å²) in [6, 6.07) is 11.7. The molecule has 2 aromatic carbocycles. The highest BCUT2D eigenvalue weighted by atomic mass is 35.5. The number of aromatic nitrogens is 1. The first-order chi connectivity index (χ1) is 13.9. The molecule has 0 bridgehead atoms. The number of carbonyl (C=O) groups excluding carboxylic acids is 1. The molecule has 1 aromatic heterocycles. The number of carbonyl (C=O) groups is 1. The van der Waals surface area contributed by atoms with Crippen LogP contribution in [-0.4, -0.2) is 24.0 Å². The molecule has 5 nitrogen and oxygen atoms in total. The summed E-state index contributed by atoms with van der Waals surface area (Å²) in [4.78, 5) is 18.6. The van der Waals surface area contributed by atoms with Crippen LogP contribution in [-0.2, 0) is 11.2 Å². The molecule has 0 spiro atoms. The van der Waals surface area contributed by atoms with Crippen molar-refractivity contribution in [3.63, 3.8) is 0 Å². The van der Waals surface area contributed by atoms with Crippen molar-refractivity contribution in [3.8, 4) is 17.1 Å². The van der Waals surface area contributed by atoms with Gasteiger partial charge in [0.2, 0.25) is 5.91 Å². The molecule has 1 heterocycles. The minimum Gasteiger partial charge on any atom is -0.494 e. The summed E-state index contributed by atoms with van der Waals surface area (Å²) >= 11 is 6.19. The lowest BCUT2D eigenvalue weighted by Crippen LogP contribution is -2.37. The van der Waals surface area contributed by atoms with E-state index in [-0.39, 0.29) is 24.1 Å². The second kappa shape index (κ2) is 9.09. The molecule has 0 N–H and O–H groups in total. The number of anilines is 1. The Hall–Kier alpha value is -2.86. The number of ether oxygens (including phenoxy) is 1. The summed E-state index contributed by atoms with van der Waals surface area (Å²) in [5, 5.41) is 0.568. The van der Waals surface area contributed by atoms with Crippen LogP contribution in [0.25, 0.3) is 11.3 Å². The van der Waals surface area contributed by atoms with Crippen LogP contribution in [0.2, 0.25) is 5.02 Å². The summed E-state index contributed by atoms with van der Waals surface area (Å²) < 4.78 is 24.8. The van der Waals surface area contributed by atoms with Gasteiger partial charge in [-0.25, -0.2) is 9.37 Å². The first-order valence-corrected chi connectivity index (χ1v) is 9.63. The average Bonchev–Trinajstić information content (AvgIpc) is 3.15. The number of benzene rings is 2. The fraction of sp³-hybridized carbons (Fsp3) is 0.273. The number of amides is 1. The molecule has 7 heteroatoms. The largest absolute Gasteiger partial charge is 0.494 e. The molecule has 0 aliphatic rings. The number of aryl methyl sites for hydroxylation is 1. The predicted octanol–water partition coefficient (Wildman–Crippen LogP) is 5.52. The van der Waals surface area contributed by atoms with Gasteiger partial charge < -0.3 is 14.1 Å². The van der Waals surface area contributed by atoms with Crippen LogP contribution in [0.1, 0.15) is 26.2 Å². The summed E-state index contributed by atoms with van der Waals surface area (Å²) in [5.41, 5.74) is 1.23. The Bertz CT molecular complexity index is 1000. The molecule has 152 valence electrons. The fourth-order valence-electron chi connectivity index (χ4n) is 3.08. The quantitative estimate of drug-likeness (QED) is 0.509. The Morgan fingerprint density at radius 2 is 2.03 bits per heavy atom. The first-order valence-electron chi connectivity index (χ1n) is 9.26. The SMILES string of the molecule is COc1ccc(N(C(=O)CCc2ncc(-c3ccccc3Cl)o2)C(C)C)cc1F. The Balaban J connectivity index is 1.72. The zero-order valence-corrected chi connectivity index (χ0v) is 17.2. The molecular formula is C22H22ClFN2O3. The van der Waals surface area contributed by atoms with Gasteiger partial charge in [0.25, 0.3) is 0 Å². The van der Waals surface area contributed by atoms with E-state index in [9.17, 15) is 9.18 Å². The second-order valence-corrected chi connectivity index (χ2v) is 7.18. The summed E-state index contributed by atoms with van der Waals surface area (Å²) in [6.07, 6.45) is 2.10. The van der Waals surface area contributed by atoms with Crippen LogP contribution in [0, 0.1) is 5.82 Å². The molecule has 3 aromatic rings. The number of methoxy groups -OCH3 is 1. The highest BCUT2D eigenvalue weighted by Gasteiger charge is 2.21. The minimum atomic E-state index is -0.513. The third kappa shape index (κ3) is 4.77. The van der Waals surface area contributed by atoms with E-state index in [2.05, 4.69) is 4.98 Å². The van der Waals surface area contributed by atoms with Gasteiger partial charge in [-0.3, -0.25) is 4.79 Å². The number of nitrogens with zero attached hydrogens (tertiary/aromatic N) is 2. The van der Waals surface area contributed by atoms with Gasteiger partial charge >= 0.3 is 0 Å². The third-order valence-corrected chi connectivity index (χ3v) is 4.77. The van der Waals surface area contributed by atoms with Gasteiger partial charge in [0.05, 0.1) is 18.3 Å². The smallest absolute Gasteiger partial charge is 0.227 e. The van der Waals surface area contributed by atoms with Crippen LogP contribution in [0.4, 0.5) is 10.1 Å². The number of halogens is 2. The normalized spacial score (nSPS) is 11.0. The highest BCUT2D eigenvalue weighted by molar-refractivity contribution is 6.33. The van der Waals surface area contributed by atoms with Crippen molar-refractivity contribution in [2.24, 2.45) is 0 Å². The number of oxazole rings is 1. The van der Waals surface area contributed by atoms with Crippen LogP contribution in [0.3, 0.4) is 0 Å². The van der Waals surface area contributed by atoms with Gasteiger partial charge in [0.15, 0.2) is 23.2 Å². The Morgan fingerprint density at radius 3 is 2.69 bits per heavy atom. The van der Waals surface area contributed by atoms with Crippen molar-refractivity contribution in [1.82, 2.24) is 4.98 Å². The van der Waals surface area contributed by atoms with Gasteiger partial charge in [-0.15, -0.1) is 0 Å². The van der Waals surface area contributed by atoms with Gasteiger partial charge in [0.1, 0.15) is 0 Å². The molecule has 0 saturated carbocycles. The van der Waals surface area contributed by atoms with Crippen LogP contribution < -0.4 is 9.64 Å². The van der Waals surface area contributed by atoms with Crippen molar-refractivity contribution in [2.75, 3.05) is 12.0 Å². The molecule has 0 fully saturated rings. The first kappa shape index (κ1) is 20.9. The molecule has 1 amide bonds. The second-order valence-electron chi connectivity index (χ2n) is 6.77. The van der Waals surface area contributed by atoms with Gasteiger partial charge in [-0.1, -0.05) is 23.7 Å². The van der Waals surface area contributed by atoms with Crippen LogP contribution in [0.5, 0.6) is 5.75 Å². The van der Waals surface area contributed by atoms with E-state index in [0.717, 1.165) is 5.56 Å². The number of rotatable bonds is 7. The Morgan fingerprint density at radius 1 is 1.28 bits per heavy atom. The monoisotopic (exact) mass is 416 g/mol. The van der Waals surface area contributed by atoms with Crippen molar-refractivity contribution in [2.45, 2.75) is 32.7 Å². The van der Waals surface area contributed by atoms with E-state index in [0.29, 0.717) is 28.8 Å². The lowest BCUT2D eigenvalue weighted by Gasteiger charge is -2.27. The van der Waals surface area contributed by atoms with Crippen LogP contribution >= 0.6 is 11.6 Å². The van der Waals surface area contributed by atoms with Crippen molar-refractivity contribution < 1.29 is 18.3 Å². The predicted molar refractivity (Wildman–Crippen MR) is 111 cm³/mol. The maximum Gasteiger partial charge on any atom is 0.227 e. The summed E-state index contributed by atoms with van der Waals surface area (Å²) in [6.45, 7) is 3.75. The molecule has 0 aliphatic carbocycles. The van der Waals surface area contributed by atoms with Gasteiger partial charge in [0, 0.05) is 36.2 Å². The molecule has 0 aliphatic heterocycles. The molecule has 0 radical (unpaired) electrons. The molecule has 0 unspecified atom stereocenters. The van der Waals surface area contributed by atoms with Gasteiger partial charge in [-0.2, -0.15) is 0 Å². The van der Waals surface area contributed by atoms with Crippen molar-refractivity contribution in [3.05, 3.63) is 65.4 Å². The molecular weight excluding hydrogens is 395 g/mol. The summed E-state index contributed by atoms with van der Waals surface area (Å²) in [5.74, 6) is 0.466. The lowest BCUT2D eigenvalue weighted by molar-refractivity contribution is -0.119. The Labute approximate surface area is 174 Å². The third-order valence-electron chi connectivity index (χ3n) is 4.44. The molecule has 29 heavy (non-hydrogen) atoms. The molecule has 3 rings (SSSR count). The standard InChI is InChI=1S/C22H22ClFN2O3/c1-14(2)26(15-8-9-19(28-3)18(24)12-15)22(27)11-10-21-25-13-20(29-21)16-6-4-5-7-17(16)23/h4-9,12-14H,10-11H2,1-3H3. The number of hydrogen-bond donors (Lipinski definition) is 0. The minimum absolute atomic E-state index is 0.136. The van der Waals surface area contributed by atoms with E-state index in [1.807, 2.05) is 32.0 Å². The maximum atomic E-state index is 14.1. The average molecular weight is 417 g/mol. The summed E-state index contributed by atoms with van der Waals surface area (Å²) in [7, 11) is 1.40. The van der Waals surface area contributed by atoms with E-state index in [1.165, 1.54) is 19.2 Å². The van der Waals surface area contributed by atoms with E-state index in [4.69, 9.17) is 20.8 Å². The van der Waals surface area contributed by atoms with Crippen molar-refractivity contribution in [1.29, 1.82) is 0 Å². The topological polar surface area (TPSA) is 55.6 Å². The zero-order valence-electron chi connectivity index (χ0n) is 16.5. The fourth-order valence-corrected chi connectivity index (χ4v) is 3.31. The number of hydrogen-bond acceptors (Lipinski definition) is 4. The highest BCUT2D eigenvalue weighted by Crippen LogP contribution is 2.29. The van der Waals surface area contributed by atoms with E-state index >= 15 is 0 Å². The van der Waals surface area contributed by atoms with E-state index < -0.39 is 5.82 Å². The lowest BCUT2D eigenvalue weighted by atomic mass is 10.2. The zero-order chi connectivity index (χ0) is 21.0. The molecule has 0 saturated heterocycles. The maximum absolute atomic E-state index is 14.1. The van der Waals surface area contributed by atoms with Crippen molar-refractivity contribution >= 4 is 23.2 Å².